The Hall–Kier alpha value is -0.880. The van der Waals surface area contributed by atoms with Crippen LogP contribution in [0.2, 0.25) is 0 Å². The predicted molar refractivity (Wildman–Crippen MR) is 27.9 cm³/mol. The van der Waals surface area contributed by atoms with Crippen LogP contribution in [-0.2, 0) is 10.0 Å². The van der Waals surface area contributed by atoms with Crippen LogP contribution in [0.15, 0.2) is 22.1 Å². The van der Waals surface area contributed by atoms with Gasteiger partial charge < -0.3 is 4.42 Å². The van der Waals surface area contributed by atoms with Gasteiger partial charge in [0.2, 0.25) is 0 Å². The SMILES string of the molecule is NS(=O)(=O)c1ncco1. The molecule has 1 aromatic heterocycles. The van der Waals surface area contributed by atoms with E-state index in [1.54, 1.807) is 0 Å². The van der Waals surface area contributed by atoms with Gasteiger partial charge in [-0.05, 0) is 0 Å². The summed E-state index contributed by atoms with van der Waals surface area (Å²) in [4.78, 5) is 3.31. The second-order valence-corrected chi connectivity index (χ2v) is 2.78. The molecule has 0 saturated carbocycles. The van der Waals surface area contributed by atoms with Crippen LogP contribution in [0.3, 0.4) is 0 Å². The van der Waals surface area contributed by atoms with Gasteiger partial charge in [-0.25, -0.2) is 18.5 Å². The van der Waals surface area contributed by atoms with Crippen LogP contribution in [-0.4, -0.2) is 13.4 Å². The molecule has 2 N–H and O–H groups in total. The molecule has 1 aromatic rings. The molecule has 6 heteroatoms. The molecular weight excluding hydrogens is 144 g/mol. The molecule has 0 bridgehead atoms. The Morgan fingerprint density at radius 2 is 2.33 bits per heavy atom. The monoisotopic (exact) mass is 148 g/mol. The zero-order valence-corrected chi connectivity index (χ0v) is 5.13. The molecule has 50 valence electrons. The number of hydrogen-bond acceptors (Lipinski definition) is 4. The third-order valence-electron chi connectivity index (χ3n) is 0.653. The number of hydrogen-bond donors (Lipinski definition) is 1. The number of sulfonamides is 1. The van der Waals surface area contributed by atoms with Gasteiger partial charge in [-0.1, -0.05) is 0 Å². The molecule has 0 aliphatic heterocycles. The van der Waals surface area contributed by atoms with Gasteiger partial charge in [-0.3, -0.25) is 0 Å². The fourth-order valence-corrected chi connectivity index (χ4v) is 0.748. The second kappa shape index (κ2) is 1.82. The summed E-state index contributed by atoms with van der Waals surface area (Å²) in [5.74, 6) is 0. The van der Waals surface area contributed by atoms with Crippen molar-refractivity contribution in [1.82, 2.24) is 4.98 Å². The van der Waals surface area contributed by atoms with E-state index < -0.39 is 15.2 Å². The van der Waals surface area contributed by atoms with Crippen molar-refractivity contribution in [1.29, 1.82) is 0 Å². The van der Waals surface area contributed by atoms with Crippen LogP contribution in [0.1, 0.15) is 0 Å². The zero-order valence-electron chi connectivity index (χ0n) is 4.31. The molecule has 0 saturated heterocycles. The Bertz CT molecular complexity index is 274. The summed E-state index contributed by atoms with van der Waals surface area (Å²) in [6, 6.07) is 0. The van der Waals surface area contributed by atoms with Gasteiger partial charge in [-0.2, -0.15) is 0 Å². The first kappa shape index (κ1) is 6.24. The van der Waals surface area contributed by atoms with Crippen molar-refractivity contribution in [2.24, 2.45) is 5.14 Å². The second-order valence-electron chi connectivity index (χ2n) is 1.34. The molecule has 1 heterocycles. The highest BCUT2D eigenvalue weighted by molar-refractivity contribution is 7.88. The van der Waals surface area contributed by atoms with Crippen molar-refractivity contribution in [2.45, 2.75) is 5.22 Å². The van der Waals surface area contributed by atoms with Gasteiger partial charge >= 0.3 is 5.22 Å². The molecule has 0 aliphatic rings. The average Bonchev–Trinajstić information content (AvgIpc) is 2.08. The van der Waals surface area contributed by atoms with E-state index in [0.717, 1.165) is 6.26 Å². The number of nitrogens with two attached hydrogens (primary N) is 1. The van der Waals surface area contributed by atoms with Crippen LogP contribution < -0.4 is 5.14 Å². The average molecular weight is 148 g/mol. The van der Waals surface area contributed by atoms with Crippen LogP contribution in [0, 0.1) is 0 Å². The van der Waals surface area contributed by atoms with E-state index in [1.165, 1.54) is 6.20 Å². The maximum Gasteiger partial charge on any atom is 0.330 e. The van der Waals surface area contributed by atoms with Gasteiger partial charge in [0.15, 0.2) is 0 Å². The molecule has 0 unspecified atom stereocenters. The largest absolute Gasteiger partial charge is 0.436 e. The Labute approximate surface area is 51.5 Å². The fraction of sp³-hybridized carbons (Fsp3) is 0. The number of aromatic nitrogens is 1. The first-order valence-electron chi connectivity index (χ1n) is 2.03. The van der Waals surface area contributed by atoms with E-state index in [0.29, 0.717) is 0 Å². The number of rotatable bonds is 1. The van der Waals surface area contributed by atoms with Gasteiger partial charge in [0.05, 0.1) is 6.20 Å². The normalized spacial score (nSPS) is 11.7. The summed E-state index contributed by atoms with van der Waals surface area (Å²) in [5, 5.41) is 4.16. The molecule has 0 aromatic carbocycles. The molecule has 5 nitrogen and oxygen atoms in total. The van der Waals surface area contributed by atoms with E-state index in [2.05, 4.69) is 14.5 Å². The molecule has 0 aliphatic carbocycles. The van der Waals surface area contributed by atoms with Crippen LogP contribution in [0.4, 0.5) is 0 Å². The van der Waals surface area contributed by atoms with Crippen LogP contribution in [0.5, 0.6) is 0 Å². The fourth-order valence-electron chi connectivity index (χ4n) is 0.351. The van der Waals surface area contributed by atoms with E-state index in [4.69, 9.17) is 0 Å². The van der Waals surface area contributed by atoms with Gasteiger partial charge in [0.25, 0.3) is 10.0 Å². The van der Waals surface area contributed by atoms with Crippen LogP contribution >= 0.6 is 0 Å². The number of oxazole rings is 1. The Balaban J connectivity index is 3.20. The molecule has 0 amide bonds. The molecular formula is C3H4N2O3S. The Morgan fingerprint density at radius 3 is 2.56 bits per heavy atom. The highest BCUT2D eigenvalue weighted by Gasteiger charge is 2.11. The molecule has 0 fully saturated rings. The lowest BCUT2D eigenvalue weighted by atomic mass is 11.0. The topological polar surface area (TPSA) is 86.2 Å². The van der Waals surface area contributed by atoms with Crippen molar-refractivity contribution in [3.8, 4) is 0 Å². The van der Waals surface area contributed by atoms with E-state index in [-0.39, 0.29) is 0 Å². The highest BCUT2D eigenvalue weighted by Crippen LogP contribution is 1.99. The van der Waals surface area contributed by atoms with Crippen molar-refractivity contribution in [3.63, 3.8) is 0 Å². The lowest BCUT2D eigenvalue weighted by Gasteiger charge is -1.84. The Kier molecular flexibility index (Phi) is 1.26. The van der Waals surface area contributed by atoms with E-state index in [1.807, 2.05) is 0 Å². The maximum absolute atomic E-state index is 10.3. The van der Waals surface area contributed by atoms with Crippen molar-refractivity contribution >= 4 is 10.0 Å². The smallest absolute Gasteiger partial charge is 0.330 e. The number of nitrogens with zero attached hydrogens (tertiary/aromatic N) is 1. The summed E-state index contributed by atoms with van der Waals surface area (Å²) in [5.41, 5.74) is 0. The number of primary sulfonamides is 1. The highest BCUT2D eigenvalue weighted by atomic mass is 32.2. The zero-order chi connectivity index (χ0) is 6.91. The maximum atomic E-state index is 10.3. The molecule has 0 atom stereocenters. The Morgan fingerprint density at radius 1 is 1.67 bits per heavy atom. The standard InChI is InChI=1S/C3H4N2O3S/c4-9(6,7)3-5-1-2-8-3/h1-2H,(H2,4,6,7). The van der Waals surface area contributed by atoms with Gasteiger partial charge in [0, 0.05) is 0 Å². The van der Waals surface area contributed by atoms with Gasteiger partial charge in [-0.15, -0.1) is 0 Å². The first-order chi connectivity index (χ1) is 4.11. The van der Waals surface area contributed by atoms with Gasteiger partial charge in [0.1, 0.15) is 6.26 Å². The molecule has 0 radical (unpaired) electrons. The third kappa shape index (κ3) is 1.27. The first-order valence-corrected chi connectivity index (χ1v) is 3.57. The lowest BCUT2D eigenvalue weighted by Crippen LogP contribution is -2.12. The van der Waals surface area contributed by atoms with Crippen molar-refractivity contribution in [2.75, 3.05) is 0 Å². The summed E-state index contributed by atoms with van der Waals surface area (Å²) in [7, 11) is -3.74. The minimum atomic E-state index is -3.74. The summed E-state index contributed by atoms with van der Waals surface area (Å²) in [6.07, 6.45) is 2.35. The summed E-state index contributed by atoms with van der Waals surface area (Å²) >= 11 is 0. The van der Waals surface area contributed by atoms with E-state index >= 15 is 0 Å². The molecule has 0 spiro atoms. The third-order valence-corrected chi connectivity index (χ3v) is 1.34. The minimum Gasteiger partial charge on any atom is -0.436 e. The van der Waals surface area contributed by atoms with E-state index in [9.17, 15) is 8.42 Å². The van der Waals surface area contributed by atoms with Crippen molar-refractivity contribution < 1.29 is 12.8 Å². The van der Waals surface area contributed by atoms with Crippen molar-refractivity contribution in [3.05, 3.63) is 12.5 Å². The predicted octanol–water partition coefficient (Wildman–Crippen LogP) is -0.678. The van der Waals surface area contributed by atoms with Crippen LogP contribution in [0.25, 0.3) is 0 Å². The molecule has 1 rings (SSSR count). The molecule has 9 heavy (non-hydrogen) atoms. The summed E-state index contributed by atoms with van der Waals surface area (Å²) in [6.45, 7) is 0. The minimum absolute atomic E-state index is 0.456. The lowest BCUT2D eigenvalue weighted by molar-refractivity contribution is 0.430. The quantitative estimate of drug-likeness (QED) is 0.571. The summed E-state index contributed by atoms with van der Waals surface area (Å²) < 4.78 is 25.0.